The van der Waals surface area contributed by atoms with Gasteiger partial charge in [0.25, 0.3) is 0 Å². The number of carbonyl (C=O) groups is 1. The normalized spacial score (nSPS) is 22.2. The van der Waals surface area contributed by atoms with Crippen molar-refractivity contribution in [1.82, 2.24) is 25.0 Å². The van der Waals surface area contributed by atoms with Crippen molar-refractivity contribution in [2.45, 2.75) is 32.4 Å². The number of benzene rings is 1. The van der Waals surface area contributed by atoms with Crippen LogP contribution in [0.3, 0.4) is 0 Å². The minimum Gasteiger partial charge on any atom is -0.378 e. The first kappa shape index (κ1) is 20.0. The van der Waals surface area contributed by atoms with Crippen LogP contribution in [0.25, 0.3) is 5.00 Å². The van der Waals surface area contributed by atoms with E-state index >= 15 is 0 Å². The Kier molecular flexibility index (Phi) is 4.85. The van der Waals surface area contributed by atoms with Gasteiger partial charge in [0.15, 0.2) is 5.82 Å². The standard InChI is InChI=1S/C23H24FN5O2S/c1-13-26-27-19-12-25-21(15-4-2-3-5-17(15)24)20-16-10-14(11-18(16)32-23(20)29(13)19)22(30)28-6-8-31-9-7-28/h2-5,14,21,25H,6-12H2,1H3/t14-,21-/m0/s1. The topological polar surface area (TPSA) is 72.3 Å². The van der Waals surface area contributed by atoms with Crippen molar-refractivity contribution in [3.05, 3.63) is 63.3 Å². The lowest BCUT2D eigenvalue weighted by Gasteiger charge is -2.29. The molecule has 1 aromatic carbocycles. The maximum atomic E-state index is 14.9. The first-order valence-corrected chi connectivity index (χ1v) is 11.8. The van der Waals surface area contributed by atoms with Gasteiger partial charge in [-0.3, -0.25) is 14.7 Å². The van der Waals surface area contributed by atoms with Gasteiger partial charge in [-0.2, -0.15) is 0 Å². The maximum Gasteiger partial charge on any atom is 0.226 e. The Morgan fingerprint density at radius 1 is 1.22 bits per heavy atom. The number of ether oxygens (including phenoxy) is 1. The van der Waals surface area contributed by atoms with Crippen molar-refractivity contribution in [3.63, 3.8) is 0 Å². The van der Waals surface area contributed by atoms with E-state index in [2.05, 4.69) is 20.1 Å². The summed E-state index contributed by atoms with van der Waals surface area (Å²) in [5.74, 6) is 1.55. The molecule has 3 aliphatic rings. The van der Waals surface area contributed by atoms with Gasteiger partial charge in [-0.1, -0.05) is 18.2 Å². The number of aromatic nitrogens is 3. The van der Waals surface area contributed by atoms with Crippen molar-refractivity contribution >= 4 is 17.2 Å². The van der Waals surface area contributed by atoms with E-state index in [0.717, 1.165) is 28.6 Å². The number of amides is 1. The molecule has 7 nitrogen and oxygen atoms in total. The molecule has 1 amide bonds. The third-order valence-electron chi connectivity index (χ3n) is 6.73. The number of thiophene rings is 1. The van der Waals surface area contributed by atoms with Crippen LogP contribution < -0.4 is 5.32 Å². The molecule has 32 heavy (non-hydrogen) atoms. The van der Waals surface area contributed by atoms with Gasteiger partial charge in [0.2, 0.25) is 5.91 Å². The highest BCUT2D eigenvalue weighted by atomic mass is 32.1. The summed E-state index contributed by atoms with van der Waals surface area (Å²) in [7, 11) is 0. The fourth-order valence-electron chi connectivity index (χ4n) is 5.18. The van der Waals surface area contributed by atoms with Crippen LogP contribution in [0, 0.1) is 18.7 Å². The smallest absolute Gasteiger partial charge is 0.226 e. The molecule has 1 saturated heterocycles. The molecule has 2 atom stereocenters. The molecular formula is C23H24FN5O2S. The highest BCUT2D eigenvalue weighted by molar-refractivity contribution is 7.15. The Morgan fingerprint density at radius 3 is 2.84 bits per heavy atom. The number of nitrogens with zero attached hydrogens (tertiary/aromatic N) is 4. The van der Waals surface area contributed by atoms with E-state index in [-0.39, 0.29) is 23.7 Å². The summed E-state index contributed by atoms with van der Waals surface area (Å²) in [5.41, 5.74) is 2.86. The van der Waals surface area contributed by atoms with Crippen LogP contribution in [0.1, 0.15) is 39.3 Å². The fraction of sp³-hybridized carbons (Fsp3) is 0.435. The maximum absolute atomic E-state index is 14.9. The molecule has 2 aliphatic heterocycles. The minimum absolute atomic E-state index is 0.0642. The van der Waals surface area contributed by atoms with Crippen molar-refractivity contribution in [2.24, 2.45) is 5.92 Å². The molecule has 0 unspecified atom stereocenters. The zero-order valence-corrected chi connectivity index (χ0v) is 18.6. The van der Waals surface area contributed by atoms with Crippen LogP contribution in [-0.2, 0) is 28.9 Å². The Labute approximate surface area is 189 Å². The second kappa shape index (κ2) is 7.75. The number of carbonyl (C=O) groups excluding carboxylic acids is 1. The average molecular weight is 454 g/mol. The van der Waals surface area contributed by atoms with Gasteiger partial charge in [0, 0.05) is 35.0 Å². The van der Waals surface area contributed by atoms with E-state index in [4.69, 9.17) is 4.74 Å². The number of hydrogen-bond donors (Lipinski definition) is 1. The molecule has 2 aromatic heterocycles. The second-order valence-electron chi connectivity index (χ2n) is 8.60. The van der Waals surface area contributed by atoms with Crippen molar-refractivity contribution in [1.29, 1.82) is 0 Å². The molecule has 166 valence electrons. The van der Waals surface area contributed by atoms with Gasteiger partial charge < -0.3 is 9.64 Å². The fourth-order valence-corrected chi connectivity index (χ4v) is 6.69. The summed E-state index contributed by atoms with van der Waals surface area (Å²) in [4.78, 5) is 16.3. The van der Waals surface area contributed by atoms with Crippen molar-refractivity contribution in [3.8, 4) is 5.00 Å². The molecule has 6 rings (SSSR count). The number of aryl methyl sites for hydroxylation is 1. The highest BCUT2D eigenvalue weighted by Crippen LogP contribution is 2.46. The van der Waals surface area contributed by atoms with E-state index in [0.29, 0.717) is 44.8 Å². The molecule has 3 aromatic rings. The second-order valence-corrected chi connectivity index (χ2v) is 9.68. The van der Waals surface area contributed by atoms with Crippen molar-refractivity contribution < 1.29 is 13.9 Å². The van der Waals surface area contributed by atoms with Gasteiger partial charge in [-0.05, 0) is 31.4 Å². The monoisotopic (exact) mass is 453 g/mol. The summed E-state index contributed by atoms with van der Waals surface area (Å²) in [6, 6.07) is 6.62. The van der Waals surface area contributed by atoms with E-state index in [1.807, 2.05) is 24.0 Å². The largest absolute Gasteiger partial charge is 0.378 e. The lowest BCUT2D eigenvalue weighted by Crippen LogP contribution is -2.44. The molecule has 1 aliphatic carbocycles. The van der Waals surface area contributed by atoms with E-state index in [1.165, 1.54) is 16.5 Å². The van der Waals surface area contributed by atoms with Crippen LogP contribution >= 0.6 is 11.3 Å². The summed E-state index contributed by atoms with van der Waals surface area (Å²) in [6.45, 7) is 4.95. The third kappa shape index (κ3) is 3.10. The molecule has 0 bridgehead atoms. The van der Waals surface area contributed by atoms with Crippen LogP contribution in [0.4, 0.5) is 4.39 Å². The molecule has 9 heteroatoms. The summed E-state index contributed by atoms with van der Waals surface area (Å²) < 4.78 is 22.4. The van der Waals surface area contributed by atoms with Crippen LogP contribution in [0.2, 0.25) is 0 Å². The van der Waals surface area contributed by atoms with E-state index < -0.39 is 0 Å². The molecule has 4 heterocycles. The summed E-state index contributed by atoms with van der Waals surface area (Å²) in [6.07, 6.45) is 1.41. The summed E-state index contributed by atoms with van der Waals surface area (Å²) >= 11 is 1.70. The lowest BCUT2D eigenvalue weighted by molar-refractivity contribution is -0.139. The van der Waals surface area contributed by atoms with Crippen LogP contribution in [0.15, 0.2) is 24.3 Å². The molecule has 1 fully saturated rings. The highest BCUT2D eigenvalue weighted by Gasteiger charge is 2.39. The Bertz CT molecular complexity index is 1200. The molecule has 0 spiro atoms. The number of rotatable bonds is 2. The van der Waals surface area contributed by atoms with E-state index in [1.54, 1.807) is 17.4 Å². The van der Waals surface area contributed by atoms with Crippen LogP contribution in [-0.4, -0.2) is 51.9 Å². The van der Waals surface area contributed by atoms with Gasteiger partial charge in [0.05, 0.1) is 25.8 Å². The number of hydrogen-bond acceptors (Lipinski definition) is 6. The predicted molar refractivity (Wildman–Crippen MR) is 117 cm³/mol. The van der Waals surface area contributed by atoms with E-state index in [9.17, 15) is 9.18 Å². The van der Waals surface area contributed by atoms with Gasteiger partial charge >= 0.3 is 0 Å². The average Bonchev–Trinajstić information content (AvgIpc) is 3.45. The number of morpholine rings is 1. The number of fused-ring (bicyclic) bond motifs is 5. The van der Waals surface area contributed by atoms with Gasteiger partial charge in [0.1, 0.15) is 16.6 Å². The van der Waals surface area contributed by atoms with Crippen LogP contribution in [0.5, 0.6) is 0 Å². The van der Waals surface area contributed by atoms with Gasteiger partial charge in [-0.15, -0.1) is 21.5 Å². The first-order valence-electron chi connectivity index (χ1n) is 11.0. The Balaban J connectivity index is 1.43. The SMILES string of the molecule is Cc1nnc2n1-c1sc3c(c1[C@H](c1ccccc1F)NC2)C[C@H](C(=O)N1CCOCC1)C3. The molecular weight excluding hydrogens is 429 g/mol. The third-order valence-corrected chi connectivity index (χ3v) is 7.99. The number of halogens is 1. The molecule has 0 saturated carbocycles. The quantitative estimate of drug-likeness (QED) is 0.646. The molecule has 0 radical (unpaired) electrons. The number of nitrogens with one attached hydrogen (secondary N) is 1. The lowest BCUT2D eigenvalue weighted by atomic mass is 9.94. The summed E-state index contributed by atoms with van der Waals surface area (Å²) in [5, 5.41) is 13.2. The first-order chi connectivity index (χ1) is 15.6. The Morgan fingerprint density at radius 2 is 2.03 bits per heavy atom. The van der Waals surface area contributed by atoms with Gasteiger partial charge in [-0.25, -0.2) is 4.39 Å². The molecule has 1 N–H and O–H groups in total. The van der Waals surface area contributed by atoms with Crippen molar-refractivity contribution in [2.75, 3.05) is 26.3 Å². The minimum atomic E-state index is -0.301. The zero-order chi connectivity index (χ0) is 21.8. The Hall–Kier alpha value is -2.62. The predicted octanol–water partition coefficient (Wildman–Crippen LogP) is 2.54. The zero-order valence-electron chi connectivity index (χ0n) is 17.8.